The Balaban J connectivity index is 2.88. The fraction of sp³-hybridized carbons (Fsp3) is 0. The van der Waals surface area contributed by atoms with E-state index in [0.29, 0.717) is 0 Å². The van der Waals surface area contributed by atoms with Gasteiger partial charge >= 0.3 is 0 Å². The highest BCUT2D eigenvalue weighted by molar-refractivity contribution is 14.1. The lowest BCUT2D eigenvalue weighted by Crippen LogP contribution is -1.76. The average molecular weight is 245 g/mol. The Morgan fingerprint density at radius 1 is 1.30 bits per heavy atom. The van der Waals surface area contributed by atoms with Crippen molar-refractivity contribution in [3.8, 4) is 0 Å². The molecule has 50 valence electrons. The predicted molar refractivity (Wildman–Crippen MR) is 46.6 cm³/mol. The molecule has 4 heteroatoms. The van der Waals surface area contributed by atoms with Gasteiger partial charge in [0.05, 0.1) is 3.70 Å². The topological polar surface area (TPSA) is 41.6 Å². The highest BCUT2D eigenvalue weighted by Crippen LogP contribution is 2.10. The van der Waals surface area contributed by atoms with Crippen molar-refractivity contribution in [3.05, 3.63) is 22.2 Å². The van der Waals surface area contributed by atoms with Crippen LogP contribution in [0, 0.1) is 3.70 Å². The van der Waals surface area contributed by atoms with Crippen LogP contribution < -0.4 is 0 Å². The van der Waals surface area contributed by atoms with E-state index in [1.165, 1.54) is 0 Å². The lowest BCUT2D eigenvalue weighted by atomic mass is 10.5. The largest absolute Gasteiger partial charge is 0.333 e. The first-order chi connectivity index (χ1) is 4.86. The molecule has 3 nitrogen and oxygen atoms in total. The van der Waals surface area contributed by atoms with Crippen molar-refractivity contribution >= 4 is 33.8 Å². The molecule has 0 aliphatic carbocycles. The predicted octanol–water partition coefficient (Wildman–Crippen LogP) is 1.56. The summed E-state index contributed by atoms with van der Waals surface area (Å²) in [5, 5.41) is 0. The van der Waals surface area contributed by atoms with Gasteiger partial charge in [0.25, 0.3) is 0 Å². The maximum Gasteiger partial charge on any atom is 0.156 e. The monoisotopic (exact) mass is 245 g/mol. The van der Waals surface area contributed by atoms with Gasteiger partial charge < -0.3 is 4.98 Å². The summed E-state index contributed by atoms with van der Waals surface area (Å²) in [5.74, 6) is 0. The van der Waals surface area contributed by atoms with Crippen LogP contribution in [0.25, 0.3) is 11.2 Å². The Hall–Kier alpha value is -0.650. The molecular formula is C6H4IN3. The van der Waals surface area contributed by atoms with E-state index < -0.39 is 0 Å². The summed E-state index contributed by atoms with van der Waals surface area (Å²) in [7, 11) is 0. The number of hydrogen-bond donors (Lipinski definition) is 1. The number of aromatic nitrogens is 3. The number of aromatic amines is 1. The SMILES string of the molecule is Ic1cc2nccnc2[nH]1. The number of halogens is 1. The molecule has 0 aliphatic rings. The highest BCUT2D eigenvalue weighted by Gasteiger charge is 1.96. The van der Waals surface area contributed by atoms with E-state index in [1.807, 2.05) is 6.07 Å². The molecule has 0 saturated heterocycles. The Morgan fingerprint density at radius 3 is 2.90 bits per heavy atom. The molecule has 0 aliphatic heterocycles. The van der Waals surface area contributed by atoms with Crippen LogP contribution in [-0.4, -0.2) is 15.0 Å². The number of rotatable bonds is 0. The van der Waals surface area contributed by atoms with Crippen molar-refractivity contribution < 1.29 is 0 Å². The fourth-order valence-corrected chi connectivity index (χ4v) is 1.37. The number of nitrogens with zero attached hydrogens (tertiary/aromatic N) is 2. The van der Waals surface area contributed by atoms with Crippen LogP contribution in [0.2, 0.25) is 0 Å². The zero-order valence-electron chi connectivity index (χ0n) is 5.00. The zero-order chi connectivity index (χ0) is 6.97. The first kappa shape index (κ1) is 6.09. The molecule has 2 rings (SSSR count). The van der Waals surface area contributed by atoms with Crippen LogP contribution in [0.5, 0.6) is 0 Å². The summed E-state index contributed by atoms with van der Waals surface area (Å²) in [6, 6.07) is 1.96. The molecule has 0 amide bonds. The summed E-state index contributed by atoms with van der Waals surface area (Å²) in [6.45, 7) is 0. The van der Waals surface area contributed by atoms with Gasteiger partial charge in [0.2, 0.25) is 0 Å². The third-order valence-corrected chi connectivity index (χ3v) is 1.81. The van der Waals surface area contributed by atoms with E-state index >= 15 is 0 Å². The van der Waals surface area contributed by atoms with Crippen LogP contribution >= 0.6 is 22.6 Å². The molecule has 2 heterocycles. The number of hydrogen-bond acceptors (Lipinski definition) is 2. The molecular weight excluding hydrogens is 241 g/mol. The minimum atomic E-state index is 0.854. The van der Waals surface area contributed by atoms with Gasteiger partial charge in [-0.25, -0.2) is 4.98 Å². The smallest absolute Gasteiger partial charge is 0.156 e. The molecule has 0 saturated carbocycles. The van der Waals surface area contributed by atoms with E-state index in [1.54, 1.807) is 12.4 Å². The van der Waals surface area contributed by atoms with E-state index in [0.717, 1.165) is 14.9 Å². The van der Waals surface area contributed by atoms with E-state index in [9.17, 15) is 0 Å². The van der Waals surface area contributed by atoms with Crippen LogP contribution in [0.1, 0.15) is 0 Å². The van der Waals surface area contributed by atoms with Crippen molar-refractivity contribution in [2.24, 2.45) is 0 Å². The van der Waals surface area contributed by atoms with Crippen molar-refractivity contribution in [2.45, 2.75) is 0 Å². The maximum absolute atomic E-state index is 4.10. The second-order valence-corrected chi connectivity index (χ2v) is 3.07. The average Bonchev–Trinajstić information content (AvgIpc) is 2.27. The van der Waals surface area contributed by atoms with Gasteiger partial charge in [-0.1, -0.05) is 0 Å². The summed E-state index contributed by atoms with van der Waals surface area (Å²) >= 11 is 2.20. The van der Waals surface area contributed by atoms with Crippen molar-refractivity contribution in [2.75, 3.05) is 0 Å². The Kier molecular flexibility index (Phi) is 1.33. The highest BCUT2D eigenvalue weighted by atomic mass is 127. The first-order valence-corrected chi connectivity index (χ1v) is 3.89. The number of H-pyrrole nitrogens is 1. The molecule has 1 N–H and O–H groups in total. The zero-order valence-corrected chi connectivity index (χ0v) is 7.16. The minimum absolute atomic E-state index is 0.854. The van der Waals surface area contributed by atoms with Crippen LogP contribution in [0.4, 0.5) is 0 Å². The molecule has 10 heavy (non-hydrogen) atoms. The molecule has 2 aromatic rings. The standard InChI is InChI=1S/C6H4IN3/c7-5-3-4-6(10-5)9-2-1-8-4/h1-3H,(H,9,10). The maximum atomic E-state index is 4.10. The Bertz CT molecular complexity index is 322. The molecule has 0 aromatic carbocycles. The Morgan fingerprint density at radius 2 is 2.10 bits per heavy atom. The molecule has 0 unspecified atom stereocenters. The summed E-state index contributed by atoms with van der Waals surface area (Å²) in [6.07, 6.45) is 3.36. The van der Waals surface area contributed by atoms with Gasteiger partial charge in [0.1, 0.15) is 5.52 Å². The van der Waals surface area contributed by atoms with Crippen LogP contribution in [-0.2, 0) is 0 Å². The third kappa shape index (κ3) is 0.880. The summed E-state index contributed by atoms with van der Waals surface area (Å²) in [4.78, 5) is 11.3. The molecule has 0 atom stereocenters. The van der Waals surface area contributed by atoms with Gasteiger partial charge in [0.15, 0.2) is 5.65 Å². The van der Waals surface area contributed by atoms with Gasteiger partial charge in [-0.05, 0) is 28.7 Å². The second-order valence-electron chi connectivity index (χ2n) is 1.91. The van der Waals surface area contributed by atoms with Crippen LogP contribution in [0.15, 0.2) is 18.5 Å². The van der Waals surface area contributed by atoms with E-state index in [2.05, 4.69) is 37.5 Å². The lowest BCUT2D eigenvalue weighted by molar-refractivity contribution is 1.25. The molecule has 0 spiro atoms. The second kappa shape index (κ2) is 2.19. The van der Waals surface area contributed by atoms with Gasteiger partial charge in [-0.3, -0.25) is 4.98 Å². The van der Waals surface area contributed by atoms with Crippen molar-refractivity contribution in [1.82, 2.24) is 15.0 Å². The minimum Gasteiger partial charge on any atom is -0.333 e. The molecule has 0 radical (unpaired) electrons. The van der Waals surface area contributed by atoms with Crippen molar-refractivity contribution in [1.29, 1.82) is 0 Å². The van der Waals surface area contributed by atoms with Gasteiger partial charge in [-0.2, -0.15) is 0 Å². The van der Waals surface area contributed by atoms with Gasteiger partial charge in [0, 0.05) is 12.4 Å². The normalized spacial score (nSPS) is 10.5. The van der Waals surface area contributed by atoms with E-state index in [-0.39, 0.29) is 0 Å². The number of nitrogens with one attached hydrogen (secondary N) is 1. The van der Waals surface area contributed by atoms with Crippen molar-refractivity contribution in [3.63, 3.8) is 0 Å². The molecule has 0 bridgehead atoms. The fourth-order valence-electron chi connectivity index (χ4n) is 0.820. The van der Waals surface area contributed by atoms with E-state index in [4.69, 9.17) is 0 Å². The quantitative estimate of drug-likeness (QED) is 0.715. The lowest BCUT2D eigenvalue weighted by Gasteiger charge is -1.82. The number of fused-ring (bicyclic) bond motifs is 1. The Labute approximate surface area is 71.0 Å². The van der Waals surface area contributed by atoms with Gasteiger partial charge in [-0.15, -0.1) is 0 Å². The molecule has 2 aromatic heterocycles. The van der Waals surface area contributed by atoms with Crippen LogP contribution in [0.3, 0.4) is 0 Å². The first-order valence-electron chi connectivity index (χ1n) is 2.81. The summed E-state index contributed by atoms with van der Waals surface area (Å²) in [5.41, 5.74) is 1.78. The third-order valence-electron chi connectivity index (χ3n) is 1.23. The summed E-state index contributed by atoms with van der Waals surface area (Å²) < 4.78 is 1.07. The molecule has 0 fully saturated rings.